The van der Waals surface area contributed by atoms with Gasteiger partial charge in [-0.1, -0.05) is 6.07 Å². The van der Waals surface area contributed by atoms with E-state index in [9.17, 15) is 4.79 Å². The Bertz CT molecular complexity index is 748. The van der Waals surface area contributed by atoms with E-state index < -0.39 is 0 Å². The van der Waals surface area contributed by atoms with Crippen molar-refractivity contribution < 1.29 is 4.79 Å². The Morgan fingerprint density at radius 3 is 2.68 bits per heavy atom. The van der Waals surface area contributed by atoms with Crippen molar-refractivity contribution in [3.63, 3.8) is 0 Å². The fourth-order valence-corrected chi connectivity index (χ4v) is 4.53. The van der Waals surface area contributed by atoms with E-state index in [2.05, 4.69) is 27.2 Å². The summed E-state index contributed by atoms with van der Waals surface area (Å²) in [6.45, 7) is 2.86. The van der Waals surface area contributed by atoms with Crippen LogP contribution in [0.5, 0.6) is 0 Å². The van der Waals surface area contributed by atoms with E-state index in [1.807, 2.05) is 48.2 Å². The van der Waals surface area contributed by atoms with Gasteiger partial charge >= 0.3 is 0 Å². The maximum Gasteiger partial charge on any atom is 0.223 e. The Kier molecular flexibility index (Phi) is 4.07. The quantitative estimate of drug-likeness (QED) is 0.856. The highest BCUT2D eigenvalue weighted by atomic mass is 16.2. The van der Waals surface area contributed by atoms with Gasteiger partial charge in [-0.2, -0.15) is 5.10 Å². The van der Waals surface area contributed by atoms with Gasteiger partial charge in [0.15, 0.2) is 0 Å². The molecule has 2 aliphatic heterocycles. The van der Waals surface area contributed by atoms with Crippen molar-refractivity contribution in [2.24, 2.45) is 7.05 Å². The molecule has 1 amide bonds. The van der Waals surface area contributed by atoms with Crippen LogP contribution >= 0.6 is 0 Å². The van der Waals surface area contributed by atoms with Crippen molar-refractivity contribution in [1.29, 1.82) is 0 Å². The summed E-state index contributed by atoms with van der Waals surface area (Å²) >= 11 is 0. The van der Waals surface area contributed by atoms with Gasteiger partial charge in [-0.25, -0.2) is 0 Å². The maximum atomic E-state index is 12.5. The molecule has 0 aliphatic carbocycles. The number of likely N-dealkylation sites (N-methyl/N-ethyl adjacent to an activating group) is 1. The predicted octanol–water partition coefficient (Wildman–Crippen LogP) is 1.80. The molecule has 2 saturated heterocycles. The third-order valence-corrected chi connectivity index (χ3v) is 6.03. The van der Waals surface area contributed by atoms with Crippen LogP contribution in [0.1, 0.15) is 36.4 Å². The van der Waals surface area contributed by atoms with E-state index in [4.69, 9.17) is 0 Å². The lowest BCUT2D eigenvalue weighted by Crippen LogP contribution is -2.53. The van der Waals surface area contributed by atoms with Crippen LogP contribution in [0.3, 0.4) is 0 Å². The summed E-state index contributed by atoms with van der Waals surface area (Å²) in [5, 5.41) is 4.33. The van der Waals surface area contributed by atoms with Crippen molar-refractivity contribution in [2.75, 3.05) is 20.1 Å². The van der Waals surface area contributed by atoms with E-state index in [1.54, 1.807) is 0 Å². The van der Waals surface area contributed by atoms with Gasteiger partial charge in [0.2, 0.25) is 5.91 Å². The fourth-order valence-electron chi connectivity index (χ4n) is 4.53. The first kappa shape index (κ1) is 16.3. The molecule has 0 aromatic carbocycles. The number of hydrogen-bond acceptors (Lipinski definition) is 4. The average molecular weight is 339 g/mol. The highest BCUT2D eigenvalue weighted by Gasteiger charge is 2.52. The lowest BCUT2D eigenvalue weighted by Gasteiger charge is -2.46. The number of likely N-dealkylation sites (tertiary alicyclic amines) is 2. The summed E-state index contributed by atoms with van der Waals surface area (Å²) < 4.78 is 1.84. The minimum Gasteiger partial charge on any atom is -0.339 e. The number of hydrogen-bond donors (Lipinski definition) is 0. The molecule has 2 aromatic rings. The zero-order valence-electron chi connectivity index (χ0n) is 14.9. The molecule has 1 atom stereocenters. The molecule has 1 spiro atoms. The Labute approximate surface area is 148 Å². The van der Waals surface area contributed by atoms with Gasteiger partial charge in [-0.05, 0) is 30.5 Å². The number of rotatable bonds is 3. The molecule has 0 radical (unpaired) electrons. The molecule has 0 N–H and O–H groups in total. The molecule has 6 nitrogen and oxygen atoms in total. The van der Waals surface area contributed by atoms with Gasteiger partial charge in [0.25, 0.3) is 0 Å². The zero-order chi connectivity index (χ0) is 17.4. The number of carbonyl (C=O) groups is 1. The number of carbonyl (C=O) groups excluding carboxylic acids is 1. The average Bonchev–Trinajstić information content (AvgIpc) is 3.15. The van der Waals surface area contributed by atoms with Crippen LogP contribution in [-0.4, -0.2) is 56.1 Å². The van der Waals surface area contributed by atoms with E-state index in [0.717, 1.165) is 38.2 Å². The second kappa shape index (κ2) is 6.26. The summed E-state index contributed by atoms with van der Waals surface area (Å²) in [6.07, 6.45) is 8.45. The molecule has 2 aliphatic rings. The van der Waals surface area contributed by atoms with Crippen molar-refractivity contribution in [2.45, 2.75) is 37.3 Å². The largest absolute Gasteiger partial charge is 0.339 e. The molecule has 0 unspecified atom stereocenters. The van der Waals surface area contributed by atoms with Crippen LogP contribution in [0.25, 0.3) is 0 Å². The summed E-state index contributed by atoms with van der Waals surface area (Å²) in [5.41, 5.74) is 2.23. The molecule has 0 bridgehead atoms. The van der Waals surface area contributed by atoms with Crippen molar-refractivity contribution in [1.82, 2.24) is 24.6 Å². The van der Waals surface area contributed by atoms with Crippen molar-refractivity contribution in [3.05, 3.63) is 48.0 Å². The first-order valence-electron chi connectivity index (χ1n) is 8.96. The van der Waals surface area contributed by atoms with E-state index in [-0.39, 0.29) is 17.4 Å². The van der Waals surface area contributed by atoms with Crippen LogP contribution in [0.4, 0.5) is 0 Å². The molecule has 25 heavy (non-hydrogen) atoms. The number of pyridine rings is 1. The summed E-state index contributed by atoms with van der Waals surface area (Å²) in [7, 11) is 3.92. The van der Waals surface area contributed by atoms with E-state index >= 15 is 0 Å². The van der Waals surface area contributed by atoms with Gasteiger partial charge in [-0.3, -0.25) is 19.4 Å². The van der Waals surface area contributed by atoms with Crippen LogP contribution in [0.15, 0.2) is 36.8 Å². The minimum atomic E-state index is -0.0687. The molecule has 2 aromatic heterocycles. The van der Waals surface area contributed by atoms with Crippen LogP contribution in [0.2, 0.25) is 0 Å². The standard InChI is InChI=1S/C19H25N5O/c1-22-13-15(12-21-22)17-11-18(25)23(2)19(17)6-9-24(10-7-19)14-16-5-3-4-8-20-16/h3-5,8,12-13,17H,6-7,9-11,14H2,1-2H3/t17-/m1/s1. The molecule has 6 heteroatoms. The SMILES string of the molecule is CN1C(=O)C[C@H](c2cnn(C)c2)C12CCN(Cc1ccccn1)CC2. The molecule has 2 fully saturated rings. The second-order valence-corrected chi connectivity index (χ2v) is 7.36. The van der Waals surface area contributed by atoms with Gasteiger partial charge in [0.1, 0.15) is 0 Å². The number of amides is 1. The Morgan fingerprint density at radius 1 is 1.24 bits per heavy atom. The normalized spacial score (nSPS) is 23.5. The Hall–Kier alpha value is -2.21. The number of piperidine rings is 1. The van der Waals surface area contributed by atoms with E-state index in [1.165, 1.54) is 5.56 Å². The van der Waals surface area contributed by atoms with Crippen molar-refractivity contribution >= 4 is 5.91 Å². The third-order valence-electron chi connectivity index (χ3n) is 6.03. The first-order valence-corrected chi connectivity index (χ1v) is 8.96. The van der Waals surface area contributed by atoms with Gasteiger partial charge in [0, 0.05) is 58.5 Å². The van der Waals surface area contributed by atoms with Crippen LogP contribution in [-0.2, 0) is 18.4 Å². The fraction of sp³-hybridized carbons (Fsp3) is 0.526. The van der Waals surface area contributed by atoms with E-state index in [0.29, 0.717) is 6.42 Å². The van der Waals surface area contributed by atoms with Crippen LogP contribution < -0.4 is 0 Å². The maximum absolute atomic E-state index is 12.5. The van der Waals surface area contributed by atoms with Gasteiger partial charge in [-0.15, -0.1) is 0 Å². The Morgan fingerprint density at radius 2 is 2.04 bits per heavy atom. The lowest BCUT2D eigenvalue weighted by molar-refractivity contribution is -0.130. The topological polar surface area (TPSA) is 54.3 Å². The zero-order valence-corrected chi connectivity index (χ0v) is 14.9. The van der Waals surface area contributed by atoms with Crippen LogP contribution in [0, 0.1) is 0 Å². The highest BCUT2D eigenvalue weighted by Crippen LogP contribution is 2.48. The second-order valence-electron chi connectivity index (χ2n) is 7.36. The number of nitrogens with zero attached hydrogens (tertiary/aromatic N) is 5. The summed E-state index contributed by atoms with van der Waals surface area (Å²) in [6, 6.07) is 6.07. The summed E-state index contributed by atoms with van der Waals surface area (Å²) in [4.78, 5) is 21.4. The molecule has 4 heterocycles. The molecular weight excluding hydrogens is 314 g/mol. The number of aromatic nitrogens is 3. The highest BCUT2D eigenvalue weighted by molar-refractivity contribution is 5.81. The van der Waals surface area contributed by atoms with Crippen molar-refractivity contribution in [3.8, 4) is 0 Å². The molecule has 0 saturated carbocycles. The van der Waals surface area contributed by atoms with Gasteiger partial charge < -0.3 is 4.90 Å². The monoisotopic (exact) mass is 339 g/mol. The predicted molar refractivity (Wildman–Crippen MR) is 94.8 cm³/mol. The minimum absolute atomic E-state index is 0.0687. The Balaban J connectivity index is 1.51. The third kappa shape index (κ3) is 2.84. The van der Waals surface area contributed by atoms with Gasteiger partial charge in [0.05, 0.1) is 17.4 Å². The molecule has 4 rings (SSSR count). The molecule has 132 valence electrons. The first-order chi connectivity index (χ1) is 12.1. The smallest absolute Gasteiger partial charge is 0.223 e. The molecular formula is C19H25N5O. The summed E-state index contributed by atoms with van der Waals surface area (Å²) in [5.74, 6) is 0.503. The lowest BCUT2D eigenvalue weighted by atomic mass is 9.74. The number of aryl methyl sites for hydroxylation is 1.